The van der Waals surface area contributed by atoms with Crippen molar-refractivity contribution >= 4 is 23.6 Å². The monoisotopic (exact) mass is 284 g/mol. The summed E-state index contributed by atoms with van der Waals surface area (Å²) in [7, 11) is 0.200. The summed E-state index contributed by atoms with van der Waals surface area (Å²) < 4.78 is 3.01. The summed E-state index contributed by atoms with van der Waals surface area (Å²) in [6, 6.07) is 6.78. The van der Waals surface area contributed by atoms with Gasteiger partial charge in [0.15, 0.2) is 5.65 Å². The Morgan fingerprint density at radius 1 is 1.33 bits per heavy atom. The second-order valence-electron chi connectivity index (χ2n) is 4.80. The number of fused-ring (bicyclic) bond motifs is 1. The molecule has 0 amide bonds. The van der Waals surface area contributed by atoms with Crippen LogP contribution in [0.15, 0.2) is 41.6 Å². The van der Waals surface area contributed by atoms with Crippen LogP contribution in [0.1, 0.15) is 5.56 Å². The van der Waals surface area contributed by atoms with E-state index >= 15 is 0 Å². The van der Waals surface area contributed by atoms with E-state index in [2.05, 4.69) is 10.1 Å². The summed E-state index contributed by atoms with van der Waals surface area (Å²) in [5, 5.41) is 22.8. The highest BCUT2D eigenvalue weighted by molar-refractivity contribution is 6.58. The molecule has 3 aromatic rings. The Balaban J connectivity index is 2.00. The molecule has 2 N–H and O–H groups in total. The molecule has 0 aliphatic rings. The lowest BCUT2D eigenvalue weighted by molar-refractivity contribution is 0.425. The van der Waals surface area contributed by atoms with Crippen molar-refractivity contribution in [1.82, 2.24) is 19.3 Å². The zero-order valence-corrected chi connectivity index (χ0v) is 11.3. The van der Waals surface area contributed by atoms with Crippen LogP contribution in [-0.4, -0.2) is 36.5 Å². The van der Waals surface area contributed by atoms with Gasteiger partial charge in [-0.3, -0.25) is 14.0 Å². The fourth-order valence-electron chi connectivity index (χ4n) is 2.23. The zero-order chi connectivity index (χ0) is 15.0. The van der Waals surface area contributed by atoms with Gasteiger partial charge < -0.3 is 10.0 Å². The van der Waals surface area contributed by atoms with Gasteiger partial charge in [0, 0.05) is 7.05 Å². The summed E-state index contributed by atoms with van der Waals surface area (Å²) >= 11 is 0. The van der Waals surface area contributed by atoms with E-state index in [4.69, 9.17) is 0 Å². The van der Waals surface area contributed by atoms with E-state index in [0.717, 1.165) is 5.56 Å². The largest absolute Gasteiger partial charge is 0.488 e. The second-order valence-corrected chi connectivity index (χ2v) is 4.80. The normalized spacial score (nSPS) is 11.0. The fraction of sp³-hybridized carbons (Fsp3) is 0.154. The standard InChI is InChI=1S/C13H13BN4O3/c1-17-12-11(6-16-17)13(19)18(8-15-12)7-9-3-2-4-10(5-9)14(20)21/h2-6,8,20-21H,7H2,1H3. The quantitative estimate of drug-likeness (QED) is 0.593. The Hall–Kier alpha value is -2.45. The number of hydrogen-bond donors (Lipinski definition) is 2. The smallest absolute Gasteiger partial charge is 0.423 e. The van der Waals surface area contributed by atoms with Crippen molar-refractivity contribution in [2.75, 3.05) is 0 Å². The van der Waals surface area contributed by atoms with Crippen molar-refractivity contribution in [1.29, 1.82) is 0 Å². The highest BCUT2D eigenvalue weighted by Crippen LogP contribution is 2.05. The maximum atomic E-state index is 12.3. The van der Waals surface area contributed by atoms with E-state index in [1.165, 1.54) is 17.1 Å². The van der Waals surface area contributed by atoms with Crippen molar-refractivity contribution in [2.45, 2.75) is 6.54 Å². The van der Waals surface area contributed by atoms with E-state index in [9.17, 15) is 14.8 Å². The van der Waals surface area contributed by atoms with Crippen LogP contribution in [0.5, 0.6) is 0 Å². The fourth-order valence-corrected chi connectivity index (χ4v) is 2.23. The molecule has 0 unspecified atom stereocenters. The first-order valence-electron chi connectivity index (χ1n) is 6.38. The van der Waals surface area contributed by atoms with Gasteiger partial charge in [-0.05, 0) is 11.0 Å². The molecule has 1 aromatic carbocycles. The molecular formula is C13H13BN4O3. The molecule has 8 heteroatoms. The van der Waals surface area contributed by atoms with E-state index in [0.29, 0.717) is 23.0 Å². The minimum Gasteiger partial charge on any atom is -0.423 e. The summed E-state index contributed by atoms with van der Waals surface area (Å²) in [5.74, 6) is 0. The molecule has 0 aliphatic carbocycles. The van der Waals surface area contributed by atoms with E-state index in [-0.39, 0.29) is 5.56 Å². The number of hydrogen-bond acceptors (Lipinski definition) is 5. The van der Waals surface area contributed by atoms with Crippen LogP contribution in [0.3, 0.4) is 0 Å². The third kappa shape index (κ3) is 2.46. The molecule has 0 spiro atoms. The van der Waals surface area contributed by atoms with Gasteiger partial charge in [-0.15, -0.1) is 0 Å². The van der Waals surface area contributed by atoms with Crippen molar-refractivity contribution in [3.63, 3.8) is 0 Å². The highest BCUT2D eigenvalue weighted by Gasteiger charge is 2.12. The third-order valence-electron chi connectivity index (χ3n) is 3.32. The van der Waals surface area contributed by atoms with Crippen molar-refractivity contribution in [3.8, 4) is 0 Å². The number of aryl methyl sites for hydroxylation is 1. The number of nitrogens with zero attached hydrogens (tertiary/aromatic N) is 4. The number of rotatable bonds is 3. The molecule has 2 heterocycles. The summed E-state index contributed by atoms with van der Waals surface area (Å²) in [4.78, 5) is 16.6. The van der Waals surface area contributed by atoms with Gasteiger partial charge >= 0.3 is 7.12 Å². The summed E-state index contributed by atoms with van der Waals surface area (Å²) in [5.41, 5.74) is 1.53. The van der Waals surface area contributed by atoms with Crippen LogP contribution < -0.4 is 11.0 Å². The van der Waals surface area contributed by atoms with Crippen LogP contribution in [0, 0.1) is 0 Å². The molecule has 7 nitrogen and oxygen atoms in total. The lowest BCUT2D eigenvalue weighted by Crippen LogP contribution is -2.30. The molecule has 0 fully saturated rings. The Labute approximate surface area is 120 Å². The summed E-state index contributed by atoms with van der Waals surface area (Å²) in [6.07, 6.45) is 2.96. The molecule has 0 saturated carbocycles. The van der Waals surface area contributed by atoms with Gasteiger partial charge in [-0.2, -0.15) is 5.10 Å². The van der Waals surface area contributed by atoms with Gasteiger partial charge in [0.1, 0.15) is 11.7 Å². The first-order valence-corrected chi connectivity index (χ1v) is 6.38. The van der Waals surface area contributed by atoms with Crippen LogP contribution in [-0.2, 0) is 13.6 Å². The molecule has 3 rings (SSSR count). The van der Waals surface area contributed by atoms with Gasteiger partial charge in [0.2, 0.25) is 0 Å². The Bertz CT molecular complexity index is 856. The average Bonchev–Trinajstić information content (AvgIpc) is 2.84. The maximum Gasteiger partial charge on any atom is 0.488 e. The first-order chi connectivity index (χ1) is 10.1. The average molecular weight is 284 g/mol. The van der Waals surface area contributed by atoms with Crippen LogP contribution in [0.2, 0.25) is 0 Å². The van der Waals surface area contributed by atoms with Gasteiger partial charge in [0.05, 0.1) is 12.7 Å². The topological polar surface area (TPSA) is 93.2 Å². The molecule has 2 aromatic heterocycles. The molecule has 0 saturated heterocycles. The van der Waals surface area contributed by atoms with E-state index < -0.39 is 7.12 Å². The Kier molecular flexibility index (Phi) is 3.32. The molecular weight excluding hydrogens is 271 g/mol. The molecule has 21 heavy (non-hydrogen) atoms. The summed E-state index contributed by atoms with van der Waals surface area (Å²) in [6.45, 7) is 0.303. The van der Waals surface area contributed by atoms with Gasteiger partial charge in [-0.25, -0.2) is 4.98 Å². The molecule has 0 radical (unpaired) electrons. The predicted octanol–water partition coefficient (Wildman–Crippen LogP) is -1.14. The van der Waals surface area contributed by atoms with Crippen molar-refractivity contribution in [3.05, 3.63) is 52.7 Å². The second kappa shape index (κ2) is 5.15. The van der Waals surface area contributed by atoms with Crippen molar-refractivity contribution < 1.29 is 10.0 Å². The van der Waals surface area contributed by atoms with E-state index in [1.807, 2.05) is 6.07 Å². The number of benzene rings is 1. The van der Waals surface area contributed by atoms with Crippen LogP contribution >= 0.6 is 0 Å². The Morgan fingerprint density at radius 3 is 2.90 bits per heavy atom. The predicted molar refractivity (Wildman–Crippen MR) is 78.1 cm³/mol. The van der Waals surface area contributed by atoms with E-state index in [1.54, 1.807) is 29.9 Å². The minimum atomic E-state index is -1.53. The molecule has 0 aliphatic heterocycles. The Morgan fingerprint density at radius 2 is 2.14 bits per heavy atom. The first kappa shape index (κ1) is 13.5. The lowest BCUT2D eigenvalue weighted by atomic mass is 9.79. The number of aromatic nitrogens is 4. The maximum absolute atomic E-state index is 12.3. The minimum absolute atomic E-state index is 0.178. The molecule has 0 atom stereocenters. The lowest BCUT2D eigenvalue weighted by Gasteiger charge is -2.07. The van der Waals surface area contributed by atoms with Gasteiger partial charge in [-0.1, -0.05) is 24.3 Å². The molecule has 0 bridgehead atoms. The third-order valence-corrected chi connectivity index (χ3v) is 3.32. The highest BCUT2D eigenvalue weighted by atomic mass is 16.4. The van der Waals surface area contributed by atoms with Crippen LogP contribution in [0.25, 0.3) is 11.0 Å². The SMILES string of the molecule is Cn1ncc2c(=O)n(Cc3cccc(B(O)O)c3)cnc21. The van der Waals surface area contributed by atoms with Gasteiger partial charge in [0.25, 0.3) is 5.56 Å². The van der Waals surface area contributed by atoms with Crippen molar-refractivity contribution in [2.24, 2.45) is 7.05 Å². The zero-order valence-electron chi connectivity index (χ0n) is 11.3. The molecule has 106 valence electrons. The van der Waals surface area contributed by atoms with Crippen LogP contribution in [0.4, 0.5) is 0 Å².